The van der Waals surface area contributed by atoms with E-state index in [-0.39, 0.29) is 88.7 Å². The van der Waals surface area contributed by atoms with E-state index in [1.54, 1.807) is 50.4 Å². The Bertz CT molecular complexity index is 2890. The van der Waals surface area contributed by atoms with Gasteiger partial charge in [-0.15, -0.1) is 0 Å². The van der Waals surface area contributed by atoms with Crippen LogP contribution in [-0.2, 0) is 65.5 Å². The van der Waals surface area contributed by atoms with E-state index in [0.717, 1.165) is 10.9 Å². The fraction of sp³-hybridized carbons (Fsp3) is 0.534. The zero-order valence-corrected chi connectivity index (χ0v) is 48.8. The molecule has 10 atom stereocenters. The number of hydrogen-bond acceptors (Lipinski definition) is 15. The van der Waals surface area contributed by atoms with Crippen LogP contribution < -0.4 is 60.2 Å². The first kappa shape index (κ1) is 68.2. The predicted octanol–water partition coefficient (Wildman–Crippen LogP) is -1.09. The number of benzene rings is 2. The molecular formula is C58H84N14O14. The number of aliphatic imine (C=N–C) groups is 1. The Balaban J connectivity index is 1.48. The quantitative estimate of drug-likeness (QED) is 0.0187. The van der Waals surface area contributed by atoms with Gasteiger partial charge in [-0.25, -0.2) is 4.79 Å². The van der Waals surface area contributed by atoms with Crippen molar-refractivity contribution in [3.05, 3.63) is 78.0 Å². The van der Waals surface area contributed by atoms with Gasteiger partial charge >= 0.3 is 11.9 Å². The van der Waals surface area contributed by atoms with Crippen molar-refractivity contribution in [2.24, 2.45) is 33.8 Å². The number of para-hydroxylation sites is 1. The molecule has 86 heavy (non-hydrogen) atoms. The van der Waals surface area contributed by atoms with Crippen molar-refractivity contribution in [3.8, 4) is 5.75 Å². The number of guanidine groups is 1. The van der Waals surface area contributed by atoms with Crippen LogP contribution in [0.25, 0.3) is 10.9 Å². The molecule has 28 nitrogen and oxygen atoms in total. The minimum Gasteiger partial charge on any atom is -0.508 e. The number of carbonyl (C=O) groups is 10. The van der Waals surface area contributed by atoms with Crippen molar-refractivity contribution >= 4 is 76.1 Å². The van der Waals surface area contributed by atoms with Crippen LogP contribution in [0.1, 0.15) is 103 Å². The van der Waals surface area contributed by atoms with Crippen LogP contribution in [0.2, 0.25) is 0 Å². The van der Waals surface area contributed by atoms with E-state index in [1.807, 2.05) is 6.07 Å². The Morgan fingerprint density at radius 2 is 1.44 bits per heavy atom. The van der Waals surface area contributed by atoms with Crippen LogP contribution in [0.4, 0.5) is 0 Å². The summed E-state index contributed by atoms with van der Waals surface area (Å²) in [4.78, 5) is 147. The fourth-order valence-corrected chi connectivity index (χ4v) is 10.0. The van der Waals surface area contributed by atoms with E-state index in [4.69, 9.17) is 27.7 Å². The first-order valence-corrected chi connectivity index (χ1v) is 28.9. The number of carboxylic acids is 2. The molecule has 0 aliphatic carbocycles. The lowest BCUT2D eigenvalue weighted by atomic mass is 10.00. The second kappa shape index (κ2) is 33.8. The number of phenolic OH excluding ortho intramolecular Hbond substituents is 1. The van der Waals surface area contributed by atoms with Crippen LogP contribution in [0.3, 0.4) is 0 Å². The lowest BCUT2D eigenvalue weighted by Gasteiger charge is -2.29. The van der Waals surface area contributed by atoms with Crippen molar-refractivity contribution in [2.75, 3.05) is 26.2 Å². The van der Waals surface area contributed by atoms with Gasteiger partial charge in [-0.2, -0.15) is 0 Å². The third kappa shape index (κ3) is 21.5. The number of nitrogens with zero attached hydrogens (tertiary/aromatic N) is 2. The standard InChI is InChI=1S/C58H84N14O14/c1-32(2)26-46(57(84)85)71-54(81)45(28-35-30-64-40-14-7-6-12-38(35)40)70-53(80)44(27-34-17-19-36(73)20-18-34)69-51(78)41-15-5-4-10-25-86-37-29-47(72(31-37)56(83)33(3)65-49(76)39(60)13-8-9-23-59)55(82)68-42(16-11-24-63-58(61)62)50(77)67-43(52(79)66-41)21-22-48(74)75/h4-7,12,14,17-20,30,32-33,37,39,41-47,64,73H,8-11,13,15-16,21-29,31,59-60H2,1-3H3,(H,65,76)(H,66,79)(H,67,77)(H,68,82)(H,69,78)(H,70,80)(H,71,81)(H,74,75)(H,84,85)(H4,61,62,63)/t33-,37+,39-,41-,42-,43-,44-,45-,46-,47-/m0/s1. The molecule has 2 aliphatic rings. The Kier molecular flexibility index (Phi) is 26.7. The Morgan fingerprint density at radius 1 is 0.779 bits per heavy atom. The number of phenols is 1. The molecule has 470 valence electrons. The summed E-state index contributed by atoms with van der Waals surface area (Å²) in [5.41, 5.74) is 24.5. The van der Waals surface area contributed by atoms with E-state index >= 15 is 0 Å². The number of carboxylic acid groups (broad SMARTS) is 2. The molecule has 8 amide bonds. The van der Waals surface area contributed by atoms with Gasteiger partial charge in [0.15, 0.2) is 5.96 Å². The third-order valence-corrected chi connectivity index (χ3v) is 14.6. The number of H-pyrrole nitrogens is 1. The maximum atomic E-state index is 14.8. The van der Waals surface area contributed by atoms with Crippen molar-refractivity contribution in [1.82, 2.24) is 47.1 Å². The van der Waals surface area contributed by atoms with Gasteiger partial charge in [0.05, 0.1) is 18.8 Å². The average Bonchev–Trinajstić information content (AvgIpc) is 4.25. The highest BCUT2D eigenvalue weighted by Crippen LogP contribution is 2.24. The van der Waals surface area contributed by atoms with Crippen LogP contribution in [0.5, 0.6) is 5.75 Å². The smallest absolute Gasteiger partial charge is 0.326 e. The Hall–Kier alpha value is -8.63. The zero-order valence-electron chi connectivity index (χ0n) is 48.8. The number of aromatic hydroxyl groups is 1. The predicted molar refractivity (Wildman–Crippen MR) is 316 cm³/mol. The number of amides is 8. The van der Waals surface area contributed by atoms with E-state index < -0.39 is 133 Å². The third-order valence-electron chi connectivity index (χ3n) is 14.6. The average molecular weight is 1200 g/mol. The SMILES string of the molecule is CC(C)C[C@H](NC(=O)[C@H](Cc1c[nH]c2ccccc12)NC(=O)[C@H](Cc1ccc(O)cc1)NC(=O)[C@@H]1CC=CCCO[C@@H]2C[C@@H](C(=O)N[C@@H](CCCN=C(N)N)C(=O)N[C@@H](CCC(=O)O)C(=O)N1)N(C(=O)[C@H](C)NC(=O)[C@@H](N)CCCCN)C2)C(=O)O. The van der Waals surface area contributed by atoms with Gasteiger partial charge in [0, 0.05) is 55.9 Å². The van der Waals surface area contributed by atoms with Gasteiger partial charge in [0.2, 0.25) is 47.3 Å². The lowest BCUT2D eigenvalue weighted by Crippen LogP contribution is -2.60. The number of rotatable bonds is 27. The van der Waals surface area contributed by atoms with Gasteiger partial charge in [0.1, 0.15) is 54.1 Å². The number of fused-ring (bicyclic) bond motifs is 3. The van der Waals surface area contributed by atoms with Crippen LogP contribution >= 0.6 is 0 Å². The van der Waals surface area contributed by atoms with Gasteiger partial charge in [-0.1, -0.05) is 62.8 Å². The number of likely N-dealkylation sites (tertiary alicyclic amines) is 1. The number of nitrogens with two attached hydrogens (primary N) is 4. The molecule has 0 radical (unpaired) electrons. The number of ether oxygens (including phenoxy) is 1. The second-order valence-electron chi connectivity index (χ2n) is 22.0. The number of aromatic nitrogens is 1. The normalized spacial score (nSPS) is 20.3. The van der Waals surface area contributed by atoms with Crippen LogP contribution in [0.15, 0.2) is 71.9 Å². The van der Waals surface area contributed by atoms with Crippen LogP contribution in [-0.4, -0.2) is 177 Å². The summed E-state index contributed by atoms with van der Waals surface area (Å²) < 4.78 is 6.18. The Labute approximate surface area is 498 Å². The number of carbonyl (C=O) groups excluding carboxylic acids is 8. The molecule has 28 heteroatoms. The number of nitrogens with one attached hydrogen (secondary N) is 8. The Morgan fingerprint density at radius 3 is 2.12 bits per heavy atom. The molecule has 2 bridgehead atoms. The molecule has 5 rings (SSSR count). The minimum atomic E-state index is -1.66. The molecular weight excluding hydrogens is 1120 g/mol. The molecule has 1 saturated heterocycles. The fourth-order valence-electron chi connectivity index (χ4n) is 10.0. The summed E-state index contributed by atoms with van der Waals surface area (Å²) in [6, 6.07) is 0.729. The molecule has 3 heterocycles. The van der Waals surface area contributed by atoms with E-state index in [9.17, 15) is 63.3 Å². The highest BCUT2D eigenvalue weighted by molar-refractivity contribution is 5.99. The monoisotopic (exact) mass is 1200 g/mol. The first-order chi connectivity index (χ1) is 40.9. The highest BCUT2D eigenvalue weighted by Gasteiger charge is 2.43. The molecule has 2 aromatic carbocycles. The maximum absolute atomic E-state index is 14.8. The number of unbranched alkanes of at least 4 members (excludes halogenated alkanes) is 1. The van der Waals surface area contributed by atoms with Gasteiger partial charge < -0.3 is 90.1 Å². The largest absolute Gasteiger partial charge is 0.508 e. The summed E-state index contributed by atoms with van der Waals surface area (Å²) >= 11 is 0. The molecule has 0 saturated carbocycles. The summed E-state index contributed by atoms with van der Waals surface area (Å²) in [5.74, 6) is -9.80. The molecule has 1 aromatic heterocycles. The zero-order chi connectivity index (χ0) is 63.0. The molecule has 2 aliphatic heterocycles. The maximum Gasteiger partial charge on any atom is 0.326 e. The first-order valence-electron chi connectivity index (χ1n) is 28.9. The van der Waals surface area contributed by atoms with Crippen molar-refractivity contribution < 1.29 is 68.0 Å². The van der Waals surface area contributed by atoms with Gasteiger partial charge in [-0.3, -0.25) is 48.1 Å². The summed E-state index contributed by atoms with van der Waals surface area (Å²) in [6.45, 7) is 5.36. The van der Waals surface area contributed by atoms with Crippen LogP contribution in [0, 0.1) is 5.92 Å². The van der Waals surface area contributed by atoms with E-state index in [1.165, 1.54) is 36.1 Å². The van der Waals surface area contributed by atoms with E-state index in [0.29, 0.717) is 36.9 Å². The van der Waals surface area contributed by atoms with Gasteiger partial charge in [0.25, 0.3) is 0 Å². The highest BCUT2D eigenvalue weighted by atomic mass is 16.5. The summed E-state index contributed by atoms with van der Waals surface area (Å²) in [6.07, 6.45) is 4.07. The number of aromatic amines is 1. The summed E-state index contributed by atoms with van der Waals surface area (Å²) in [5, 5.41) is 49.2. The molecule has 3 aromatic rings. The lowest BCUT2D eigenvalue weighted by molar-refractivity contribution is -0.143. The van der Waals surface area contributed by atoms with Crippen molar-refractivity contribution in [1.29, 1.82) is 0 Å². The molecule has 1 fully saturated rings. The number of hydrogen-bond donors (Lipinski definition) is 15. The van der Waals surface area contributed by atoms with Crippen molar-refractivity contribution in [2.45, 2.75) is 165 Å². The number of aliphatic carboxylic acids is 2. The van der Waals surface area contributed by atoms with E-state index in [2.05, 4.69) is 47.2 Å². The molecule has 0 spiro atoms. The minimum absolute atomic E-state index is 0.00204. The molecule has 19 N–H and O–H groups in total. The topological polar surface area (TPSA) is 460 Å². The van der Waals surface area contributed by atoms with Crippen molar-refractivity contribution in [3.63, 3.8) is 0 Å². The summed E-state index contributed by atoms with van der Waals surface area (Å²) in [7, 11) is 0. The second-order valence-corrected chi connectivity index (χ2v) is 22.0. The molecule has 0 unspecified atom stereocenters. The van der Waals surface area contributed by atoms with Gasteiger partial charge in [-0.05, 0) is 100 Å².